The molecule has 3 heteroatoms. The molecule has 0 fully saturated rings. The second kappa shape index (κ2) is 1.84. The maximum Gasteiger partial charge on any atom is 0.152 e. The SMILES string of the molecule is CC(C)(O)n1cccn1. The minimum atomic E-state index is -0.872. The Morgan fingerprint density at radius 3 is 2.44 bits per heavy atom. The maximum absolute atomic E-state index is 9.28. The number of hydrogen-bond donors (Lipinski definition) is 1. The lowest BCUT2D eigenvalue weighted by Gasteiger charge is -2.16. The monoisotopic (exact) mass is 126 g/mol. The summed E-state index contributed by atoms with van der Waals surface area (Å²) < 4.78 is 1.49. The van der Waals surface area contributed by atoms with Gasteiger partial charge in [-0.05, 0) is 19.9 Å². The molecule has 0 saturated carbocycles. The lowest BCUT2D eigenvalue weighted by atomic mass is 10.3. The first-order valence-electron chi connectivity index (χ1n) is 2.83. The zero-order valence-corrected chi connectivity index (χ0v) is 5.57. The van der Waals surface area contributed by atoms with Crippen molar-refractivity contribution in [3.05, 3.63) is 18.5 Å². The third-order valence-electron chi connectivity index (χ3n) is 1.07. The molecule has 0 unspecified atom stereocenters. The number of rotatable bonds is 1. The molecule has 0 aliphatic heterocycles. The van der Waals surface area contributed by atoms with Gasteiger partial charge in [0.2, 0.25) is 0 Å². The van der Waals surface area contributed by atoms with Crippen molar-refractivity contribution in [1.82, 2.24) is 9.78 Å². The predicted molar refractivity (Wildman–Crippen MR) is 33.8 cm³/mol. The van der Waals surface area contributed by atoms with E-state index >= 15 is 0 Å². The van der Waals surface area contributed by atoms with Gasteiger partial charge in [0.1, 0.15) is 0 Å². The van der Waals surface area contributed by atoms with Crippen LogP contribution in [0.25, 0.3) is 0 Å². The fraction of sp³-hybridized carbons (Fsp3) is 0.500. The highest BCUT2D eigenvalue weighted by molar-refractivity contribution is 4.81. The van der Waals surface area contributed by atoms with E-state index in [0.29, 0.717) is 0 Å². The Labute approximate surface area is 53.9 Å². The molecule has 0 amide bonds. The van der Waals surface area contributed by atoms with Crippen molar-refractivity contribution in [3.8, 4) is 0 Å². The molecular weight excluding hydrogens is 116 g/mol. The Hall–Kier alpha value is -0.830. The van der Waals surface area contributed by atoms with E-state index in [1.807, 2.05) is 0 Å². The molecule has 1 aromatic heterocycles. The first-order valence-corrected chi connectivity index (χ1v) is 2.83. The molecular formula is C6H10N2O. The first kappa shape index (κ1) is 6.29. The van der Waals surface area contributed by atoms with Crippen LogP contribution in [0.5, 0.6) is 0 Å². The Morgan fingerprint density at radius 2 is 2.22 bits per heavy atom. The van der Waals surface area contributed by atoms with Crippen LogP contribution >= 0.6 is 0 Å². The van der Waals surface area contributed by atoms with Crippen molar-refractivity contribution >= 4 is 0 Å². The fourth-order valence-corrected chi connectivity index (χ4v) is 0.593. The van der Waals surface area contributed by atoms with Crippen LogP contribution in [0.15, 0.2) is 18.5 Å². The fourth-order valence-electron chi connectivity index (χ4n) is 0.593. The van der Waals surface area contributed by atoms with Crippen LogP contribution in [0.2, 0.25) is 0 Å². The molecule has 0 saturated heterocycles. The van der Waals surface area contributed by atoms with Gasteiger partial charge < -0.3 is 5.11 Å². The molecule has 0 aliphatic rings. The van der Waals surface area contributed by atoms with E-state index in [2.05, 4.69) is 5.10 Å². The van der Waals surface area contributed by atoms with Crippen LogP contribution in [0.1, 0.15) is 13.8 Å². The van der Waals surface area contributed by atoms with Crippen molar-refractivity contribution < 1.29 is 5.11 Å². The summed E-state index contributed by atoms with van der Waals surface area (Å²) in [5.74, 6) is 0. The zero-order chi connectivity index (χ0) is 6.91. The summed E-state index contributed by atoms with van der Waals surface area (Å²) in [6, 6.07) is 1.78. The van der Waals surface area contributed by atoms with Gasteiger partial charge in [-0.1, -0.05) is 0 Å². The van der Waals surface area contributed by atoms with Gasteiger partial charge in [-0.3, -0.25) is 0 Å². The van der Waals surface area contributed by atoms with E-state index in [4.69, 9.17) is 0 Å². The van der Waals surface area contributed by atoms with Gasteiger partial charge in [-0.2, -0.15) is 5.10 Å². The first-order chi connectivity index (χ1) is 4.11. The molecule has 0 radical (unpaired) electrons. The van der Waals surface area contributed by atoms with E-state index in [1.54, 1.807) is 32.3 Å². The molecule has 1 heterocycles. The topological polar surface area (TPSA) is 38.0 Å². The van der Waals surface area contributed by atoms with Gasteiger partial charge in [0.25, 0.3) is 0 Å². The van der Waals surface area contributed by atoms with Crippen molar-refractivity contribution in [2.75, 3.05) is 0 Å². The quantitative estimate of drug-likeness (QED) is 0.597. The summed E-state index contributed by atoms with van der Waals surface area (Å²) >= 11 is 0. The van der Waals surface area contributed by atoms with Gasteiger partial charge in [0.05, 0.1) is 0 Å². The van der Waals surface area contributed by atoms with Crippen LogP contribution in [0.4, 0.5) is 0 Å². The maximum atomic E-state index is 9.28. The second-order valence-corrected chi connectivity index (χ2v) is 2.45. The highest BCUT2D eigenvalue weighted by Gasteiger charge is 2.13. The highest BCUT2D eigenvalue weighted by Crippen LogP contribution is 2.06. The molecule has 9 heavy (non-hydrogen) atoms. The minimum Gasteiger partial charge on any atom is -0.370 e. The molecule has 0 aliphatic carbocycles. The van der Waals surface area contributed by atoms with Crippen LogP contribution in [0, 0.1) is 0 Å². The normalized spacial score (nSPS) is 11.9. The predicted octanol–water partition coefficient (Wildman–Crippen LogP) is 0.568. The number of hydrogen-bond acceptors (Lipinski definition) is 2. The summed E-state index contributed by atoms with van der Waals surface area (Å²) in [6.45, 7) is 3.36. The van der Waals surface area contributed by atoms with E-state index in [-0.39, 0.29) is 0 Å². The molecule has 1 rings (SSSR count). The van der Waals surface area contributed by atoms with E-state index in [1.165, 1.54) is 4.68 Å². The van der Waals surface area contributed by atoms with Crippen LogP contribution in [-0.4, -0.2) is 14.9 Å². The molecule has 1 N–H and O–H groups in total. The number of nitrogens with zero attached hydrogens (tertiary/aromatic N) is 2. The van der Waals surface area contributed by atoms with Crippen molar-refractivity contribution in [1.29, 1.82) is 0 Å². The number of aromatic nitrogens is 2. The summed E-state index contributed by atoms with van der Waals surface area (Å²) in [7, 11) is 0. The van der Waals surface area contributed by atoms with Gasteiger partial charge in [0.15, 0.2) is 5.72 Å². The van der Waals surface area contributed by atoms with Gasteiger partial charge in [0, 0.05) is 12.4 Å². The molecule has 1 aromatic rings. The summed E-state index contributed by atoms with van der Waals surface area (Å²) in [6.07, 6.45) is 3.36. The molecule has 0 spiro atoms. The summed E-state index contributed by atoms with van der Waals surface area (Å²) in [5, 5.41) is 13.1. The minimum absolute atomic E-state index is 0.872. The Kier molecular flexibility index (Phi) is 1.29. The largest absolute Gasteiger partial charge is 0.370 e. The van der Waals surface area contributed by atoms with Gasteiger partial charge in [-0.25, -0.2) is 4.68 Å². The Morgan fingerprint density at radius 1 is 1.56 bits per heavy atom. The average molecular weight is 126 g/mol. The highest BCUT2D eigenvalue weighted by atomic mass is 16.3. The van der Waals surface area contributed by atoms with Crippen LogP contribution < -0.4 is 0 Å². The standard InChI is InChI=1S/C6H10N2O/c1-6(2,9)8-5-3-4-7-8/h3-5,9H,1-2H3. The molecule has 0 atom stereocenters. The van der Waals surface area contributed by atoms with Crippen LogP contribution in [-0.2, 0) is 5.72 Å². The van der Waals surface area contributed by atoms with E-state index < -0.39 is 5.72 Å². The van der Waals surface area contributed by atoms with Crippen molar-refractivity contribution in [2.45, 2.75) is 19.6 Å². The van der Waals surface area contributed by atoms with E-state index in [9.17, 15) is 5.11 Å². The van der Waals surface area contributed by atoms with Crippen LogP contribution in [0.3, 0.4) is 0 Å². The third-order valence-corrected chi connectivity index (χ3v) is 1.07. The Bertz CT molecular complexity index is 173. The summed E-state index contributed by atoms with van der Waals surface area (Å²) in [5.41, 5.74) is -0.872. The lowest BCUT2D eigenvalue weighted by molar-refractivity contribution is -0.0103. The zero-order valence-electron chi connectivity index (χ0n) is 5.57. The van der Waals surface area contributed by atoms with Crippen molar-refractivity contribution in [2.24, 2.45) is 0 Å². The molecule has 3 nitrogen and oxygen atoms in total. The smallest absolute Gasteiger partial charge is 0.152 e. The number of aliphatic hydroxyl groups is 1. The van der Waals surface area contributed by atoms with Crippen molar-refractivity contribution in [3.63, 3.8) is 0 Å². The van der Waals surface area contributed by atoms with E-state index in [0.717, 1.165) is 0 Å². The van der Waals surface area contributed by atoms with Gasteiger partial charge >= 0.3 is 0 Å². The molecule has 0 bridgehead atoms. The Balaban J connectivity index is 2.90. The lowest BCUT2D eigenvalue weighted by Crippen LogP contribution is -2.25. The molecule has 0 aromatic carbocycles. The second-order valence-electron chi connectivity index (χ2n) is 2.45. The third kappa shape index (κ3) is 1.29. The average Bonchev–Trinajstić information content (AvgIpc) is 2.08. The molecule has 50 valence electrons. The van der Waals surface area contributed by atoms with Gasteiger partial charge in [-0.15, -0.1) is 0 Å². The summed E-state index contributed by atoms with van der Waals surface area (Å²) in [4.78, 5) is 0.